The first-order chi connectivity index (χ1) is 16.9. The van der Waals surface area contributed by atoms with Crippen LogP contribution in [0.3, 0.4) is 0 Å². The lowest BCUT2D eigenvalue weighted by atomic mass is 10.1. The minimum absolute atomic E-state index is 0.0527. The molecule has 0 saturated carbocycles. The Morgan fingerprint density at radius 2 is 1.60 bits per heavy atom. The van der Waals surface area contributed by atoms with E-state index in [2.05, 4.69) is 10.6 Å². The van der Waals surface area contributed by atoms with Gasteiger partial charge in [0.2, 0.25) is 5.91 Å². The third-order valence-electron chi connectivity index (χ3n) is 6.07. The van der Waals surface area contributed by atoms with Gasteiger partial charge in [0.15, 0.2) is 0 Å². The van der Waals surface area contributed by atoms with Gasteiger partial charge in [0.25, 0.3) is 11.8 Å². The normalized spacial score (nSPS) is 14.9. The quantitative estimate of drug-likeness (QED) is 0.526. The van der Waals surface area contributed by atoms with Crippen LogP contribution in [0.1, 0.15) is 43.4 Å². The van der Waals surface area contributed by atoms with E-state index in [0.717, 1.165) is 15.3 Å². The van der Waals surface area contributed by atoms with Crippen molar-refractivity contribution in [1.82, 2.24) is 15.1 Å². The molecule has 8 heteroatoms. The maximum Gasteiger partial charge on any atom is 0.264 e. The van der Waals surface area contributed by atoms with Crippen LogP contribution in [0.4, 0.5) is 5.69 Å². The number of benzene rings is 2. The van der Waals surface area contributed by atoms with E-state index in [1.54, 1.807) is 24.3 Å². The molecule has 3 aromatic rings. The summed E-state index contributed by atoms with van der Waals surface area (Å²) in [4.78, 5) is 44.1. The third-order valence-corrected chi connectivity index (χ3v) is 7.06. The molecule has 7 nitrogen and oxygen atoms in total. The molecule has 0 aliphatic carbocycles. The number of para-hydroxylation sites is 1. The standard InChI is InChI=1S/C27H30N4O3S/c1-19-12-13-24(35-19)27(34)31-16-14-30(15-17-31)18-25(32)29-23-11-7-6-10-22(23)26(33)28-20(2)21-8-4-3-5-9-21/h3-13,20H,14-18H2,1-2H3,(H,28,33)(H,29,32). The average Bonchev–Trinajstić information content (AvgIpc) is 3.31. The highest BCUT2D eigenvalue weighted by Gasteiger charge is 2.24. The van der Waals surface area contributed by atoms with Crippen molar-refractivity contribution in [3.05, 3.63) is 87.6 Å². The first-order valence-corrected chi connectivity index (χ1v) is 12.5. The van der Waals surface area contributed by atoms with E-state index in [1.165, 1.54) is 11.3 Å². The molecule has 182 valence electrons. The van der Waals surface area contributed by atoms with Gasteiger partial charge in [0.1, 0.15) is 0 Å². The zero-order valence-corrected chi connectivity index (χ0v) is 20.8. The van der Waals surface area contributed by atoms with Crippen LogP contribution >= 0.6 is 11.3 Å². The lowest BCUT2D eigenvalue weighted by Gasteiger charge is -2.34. The number of nitrogens with one attached hydrogen (secondary N) is 2. The second kappa shape index (κ2) is 11.3. The summed E-state index contributed by atoms with van der Waals surface area (Å²) in [6, 6.07) is 20.4. The molecule has 35 heavy (non-hydrogen) atoms. The number of amides is 3. The maximum absolute atomic E-state index is 12.9. The number of nitrogens with zero attached hydrogens (tertiary/aromatic N) is 2. The van der Waals surface area contributed by atoms with Gasteiger partial charge in [-0.25, -0.2) is 0 Å². The van der Waals surface area contributed by atoms with E-state index in [-0.39, 0.29) is 30.3 Å². The molecule has 2 aromatic carbocycles. The number of anilines is 1. The molecule has 0 radical (unpaired) electrons. The fraction of sp³-hybridized carbons (Fsp3) is 0.296. The average molecular weight is 491 g/mol. The molecule has 1 saturated heterocycles. The lowest BCUT2D eigenvalue weighted by molar-refractivity contribution is -0.117. The molecular weight excluding hydrogens is 460 g/mol. The smallest absolute Gasteiger partial charge is 0.264 e. The topological polar surface area (TPSA) is 81.8 Å². The van der Waals surface area contributed by atoms with Gasteiger partial charge >= 0.3 is 0 Å². The number of piperazine rings is 1. The summed E-state index contributed by atoms with van der Waals surface area (Å²) in [7, 11) is 0. The summed E-state index contributed by atoms with van der Waals surface area (Å²) in [5, 5.41) is 5.89. The summed E-state index contributed by atoms with van der Waals surface area (Å²) in [6.07, 6.45) is 0. The molecule has 2 heterocycles. The fourth-order valence-electron chi connectivity index (χ4n) is 4.10. The summed E-state index contributed by atoms with van der Waals surface area (Å²) >= 11 is 1.51. The molecule has 1 aliphatic heterocycles. The van der Waals surface area contributed by atoms with Gasteiger partial charge in [-0.3, -0.25) is 19.3 Å². The van der Waals surface area contributed by atoms with E-state index in [9.17, 15) is 14.4 Å². The van der Waals surface area contributed by atoms with Crippen molar-refractivity contribution in [3.8, 4) is 0 Å². The number of thiophene rings is 1. The predicted octanol–water partition coefficient (Wildman–Crippen LogP) is 3.94. The van der Waals surface area contributed by atoms with Crippen LogP contribution < -0.4 is 10.6 Å². The predicted molar refractivity (Wildman–Crippen MR) is 139 cm³/mol. The monoisotopic (exact) mass is 490 g/mol. The molecule has 0 bridgehead atoms. The highest BCUT2D eigenvalue weighted by atomic mass is 32.1. The van der Waals surface area contributed by atoms with Gasteiger partial charge in [-0.2, -0.15) is 0 Å². The molecule has 1 unspecified atom stereocenters. The van der Waals surface area contributed by atoms with Crippen molar-refractivity contribution < 1.29 is 14.4 Å². The van der Waals surface area contributed by atoms with Gasteiger partial charge in [0, 0.05) is 31.1 Å². The van der Waals surface area contributed by atoms with Crippen LogP contribution in [0.25, 0.3) is 0 Å². The molecule has 1 aliphatic rings. The molecule has 1 aromatic heterocycles. The van der Waals surface area contributed by atoms with Crippen molar-refractivity contribution in [2.75, 3.05) is 38.0 Å². The number of hydrogen-bond donors (Lipinski definition) is 2. The molecular formula is C27H30N4O3S. The minimum Gasteiger partial charge on any atom is -0.345 e. The van der Waals surface area contributed by atoms with Gasteiger partial charge < -0.3 is 15.5 Å². The summed E-state index contributed by atoms with van der Waals surface area (Å²) in [5.41, 5.74) is 1.91. The number of hydrogen-bond acceptors (Lipinski definition) is 5. The third kappa shape index (κ3) is 6.35. The van der Waals surface area contributed by atoms with Crippen LogP contribution in [0.5, 0.6) is 0 Å². The van der Waals surface area contributed by atoms with Gasteiger partial charge in [-0.05, 0) is 43.7 Å². The van der Waals surface area contributed by atoms with Crippen LogP contribution in [0, 0.1) is 6.92 Å². The van der Waals surface area contributed by atoms with E-state index in [0.29, 0.717) is 37.4 Å². The minimum atomic E-state index is -0.242. The molecule has 0 spiro atoms. The largest absolute Gasteiger partial charge is 0.345 e. The van der Waals surface area contributed by atoms with Gasteiger partial charge in [-0.1, -0.05) is 42.5 Å². The molecule has 2 N–H and O–H groups in total. The zero-order chi connectivity index (χ0) is 24.8. The molecule has 4 rings (SSSR count). The highest BCUT2D eigenvalue weighted by Crippen LogP contribution is 2.20. The van der Waals surface area contributed by atoms with Crippen molar-refractivity contribution >= 4 is 34.7 Å². The number of carbonyl (C=O) groups excluding carboxylic acids is 3. The Morgan fingerprint density at radius 3 is 2.29 bits per heavy atom. The van der Waals surface area contributed by atoms with Crippen molar-refractivity contribution in [2.24, 2.45) is 0 Å². The van der Waals surface area contributed by atoms with E-state index in [1.807, 2.05) is 66.1 Å². The Labute approximate surface area is 209 Å². The molecule has 1 atom stereocenters. The molecule has 3 amide bonds. The summed E-state index contributed by atoms with van der Waals surface area (Å²) in [5.74, 6) is -0.375. The van der Waals surface area contributed by atoms with E-state index in [4.69, 9.17) is 0 Å². The van der Waals surface area contributed by atoms with E-state index >= 15 is 0 Å². The van der Waals surface area contributed by atoms with Crippen molar-refractivity contribution in [1.29, 1.82) is 0 Å². The van der Waals surface area contributed by atoms with Crippen molar-refractivity contribution in [3.63, 3.8) is 0 Å². The summed E-state index contributed by atoms with van der Waals surface area (Å²) in [6.45, 7) is 6.54. The van der Waals surface area contributed by atoms with Crippen LogP contribution in [-0.2, 0) is 4.79 Å². The second-order valence-electron chi connectivity index (χ2n) is 8.68. The maximum atomic E-state index is 12.9. The Morgan fingerprint density at radius 1 is 0.914 bits per heavy atom. The highest BCUT2D eigenvalue weighted by molar-refractivity contribution is 7.13. The van der Waals surface area contributed by atoms with Crippen molar-refractivity contribution in [2.45, 2.75) is 19.9 Å². The first-order valence-electron chi connectivity index (χ1n) is 11.7. The van der Waals surface area contributed by atoms with Crippen LogP contribution in [0.15, 0.2) is 66.7 Å². The Kier molecular flexibility index (Phi) is 7.94. The Hall–Kier alpha value is -3.49. The van der Waals surface area contributed by atoms with E-state index < -0.39 is 0 Å². The Bertz CT molecular complexity index is 1190. The number of rotatable bonds is 7. The first kappa shape index (κ1) is 24.6. The SMILES string of the molecule is Cc1ccc(C(=O)N2CCN(CC(=O)Nc3ccccc3C(=O)NC(C)c3ccccc3)CC2)s1. The number of carbonyl (C=O) groups is 3. The zero-order valence-electron chi connectivity index (χ0n) is 20.0. The van der Waals surface area contributed by atoms with Crippen LogP contribution in [-0.4, -0.2) is 60.2 Å². The Balaban J connectivity index is 1.30. The van der Waals surface area contributed by atoms with Crippen LogP contribution in [0.2, 0.25) is 0 Å². The van der Waals surface area contributed by atoms with Gasteiger partial charge in [-0.15, -0.1) is 11.3 Å². The summed E-state index contributed by atoms with van der Waals surface area (Å²) < 4.78 is 0. The van der Waals surface area contributed by atoms with Gasteiger partial charge in [0.05, 0.1) is 28.7 Å². The fourth-order valence-corrected chi connectivity index (χ4v) is 4.93. The second-order valence-corrected chi connectivity index (χ2v) is 9.97. The molecule has 1 fully saturated rings. The lowest BCUT2D eigenvalue weighted by Crippen LogP contribution is -2.50. The number of aryl methyl sites for hydroxylation is 1.